The van der Waals surface area contributed by atoms with Gasteiger partial charge in [0.15, 0.2) is 0 Å². The Bertz CT molecular complexity index is 1050. The molecule has 2 N–H and O–H groups in total. The number of nitrogens with zero attached hydrogens (tertiary/aromatic N) is 3. The highest BCUT2D eigenvalue weighted by atomic mass is 16.3. The lowest BCUT2D eigenvalue weighted by Gasteiger charge is -2.37. The molecular formula is C27H34N4O. The fourth-order valence-electron chi connectivity index (χ4n) is 4.43. The molecule has 5 nitrogen and oxygen atoms in total. The second-order valence-corrected chi connectivity index (χ2v) is 9.12. The first-order chi connectivity index (χ1) is 15.5. The van der Waals surface area contributed by atoms with Crippen molar-refractivity contribution in [2.45, 2.75) is 58.7 Å². The topological polar surface area (TPSA) is 61.3 Å². The molecule has 32 heavy (non-hydrogen) atoms. The molecule has 2 heterocycles. The fraction of sp³-hybridized carbons (Fsp3) is 0.407. The summed E-state index contributed by atoms with van der Waals surface area (Å²) in [5.74, 6) is 1.19. The van der Waals surface area contributed by atoms with Crippen LogP contribution in [0.5, 0.6) is 5.75 Å². The Hall–Kier alpha value is -2.76. The van der Waals surface area contributed by atoms with Crippen molar-refractivity contribution in [3.05, 3.63) is 77.2 Å². The van der Waals surface area contributed by atoms with E-state index in [1.807, 2.05) is 30.5 Å². The molecule has 1 saturated heterocycles. The van der Waals surface area contributed by atoms with Gasteiger partial charge in [0.2, 0.25) is 0 Å². The molecule has 5 heteroatoms. The first kappa shape index (κ1) is 22.4. The number of benzene rings is 2. The van der Waals surface area contributed by atoms with Crippen molar-refractivity contribution in [2.75, 3.05) is 13.1 Å². The van der Waals surface area contributed by atoms with E-state index in [1.165, 1.54) is 16.7 Å². The highest BCUT2D eigenvalue weighted by Gasteiger charge is 2.22. The van der Waals surface area contributed by atoms with Gasteiger partial charge in [-0.2, -0.15) is 0 Å². The molecule has 3 aromatic rings. The zero-order chi connectivity index (χ0) is 22.5. The summed E-state index contributed by atoms with van der Waals surface area (Å²) in [5, 5.41) is 13.2. The normalized spacial score (nSPS) is 19.2. The highest BCUT2D eigenvalue weighted by molar-refractivity contribution is 5.64. The van der Waals surface area contributed by atoms with E-state index in [-0.39, 0.29) is 0 Å². The first-order valence-electron chi connectivity index (χ1n) is 11.6. The number of phenolic OH excluding ortho intramolecular Hbond substituents is 1. The second kappa shape index (κ2) is 10.2. The van der Waals surface area contributed by atoms with Crippen LogP contribution in [-0.4, -0.2) is 45.1 Å². The molecule has 0 unspecified atom stereocenters. The number of nitrogens with one attached hydrogen (secondary N) is 1. The number of hydrogen-bond donors (Lipinski definition) is 2. The molecule has 1 aliphatic heterocycles. The summed E-state index contributed by atoms with van der Waals surface area (Å²) in [7, 11) is 0. The number of hydrogen-bond acceptors (Lipinski definition) is 5. The van der Waals surface area contributed by atoms with Gasteiger partial charge >= 0.3 is 0 Å². The number of aryl methyl sites for hydroxylation is 3. The standard InChI is InChI=1S/C27H34N4O/c1-19-10-11-23(18-31-17-20(2)29-16-21(31)3)15-25(19)26-12-13-28-27(30-26)9-5-7-22-6-4-8-24(32)14-22/h4,6,8,10-15,20-21,29,32H,5,7,9,16-18H2,1-3H3/t20-,21-/m0/s1. The Morgan fingerprint density at radius 2 is 1.94 bits per heavy atom. The van der Waals surface area contributed by atoms with E-state index in [2.05, 4.69) is 54.2 Å². The molecule has 1 aromatic heterocycles. The van der Waals surface area contributed by atoms with Gasteiger partial charge in [0.1, 0.15) is 11.6 Å². The minimum atomic E-state index is 0.320. The molecule has 2 aromatic carbocycles. The van der Waals surface area contributed by atoms with Crippen molar-refractivity contribution in [1.82, 2.24) is 20.2 Å². The van der Waals surface area contributed by atoms with Gasteiger partial charge in [-0.05, 0) is 74.6 Å². The molecular weight excluding hydrogens is 396 g/mol. The van der Waals surface area contributed by atoms with Crippen LogP contribution in [0, 0.1) is 6.92 Å². The van der Waals surface area contributed by atoms with Gasteiger partial charge in [-0.3, -0.25) is 4.90 Å². The Morgan fingerprint density at radius 3 is 2.78 bits per heavy atom. The monoisotopic (exact) mass is 430 g/mol. The Morgan fingerprint density at radius 1 is 1.06 bits per heavy atom. The molecule has 1 fully saturated rings. The Balaban J connectivity index is 1.45. The highest BCUT2D eigenvalue weighted by Crippen LogP contribution is 2.24. The van der Waals surface area contributed by atoms with Crippen LogP contribution >= 0.6 is 0 Å². The quantitative estimate of drug-likeness (QED) is 0.577. The summed E-state index contributed by atoms with van der Waals surface area (Å²) in [4.78, 5) is 11.9. The van der Waals surface area contributed by atoms with Crippen LogP contribution in [0.25, 0.3) is 11.3 Å². The van der Waals surface area contributed by atoms with Gasteiger partial charge < -0.3 is 10.4 Å². The molecule has 1 aliphatic rings. The molecule has 0 amide bonds. The van der Waals surface area contributed by atoms with Crippen molar-refractivity contribution in [3.63, 3.8) is 0 Å². The van der Waals surface area contributed by atoms with Crippen LogP contribution in [0.15, 0.2) is 54.7 Å². The minimum absolute atomic E-state index is 0.320. The van der Waals surface area contributed by atoms with Crippen molar-refractivity contribution < 1.29 is 5.11 Å². The zero-order valence-electron chi connectivity index (χ0n) is 19.4. The summed E-state index contributed by atoms with van der Waals surface area (Å²) < 4.78 is 0. The smallest absolute Gasteiger partial charge is 0.128 e. The van der Waals surface area contributed by atoms with E-state index in [4.69, 9.17) is 4.98 Å². The molecule has 0 saturated carbocycles. The number of phenols is 1. The van der Waals surface area contributed by atoms with Crippen LogP contribution in [0.4, 0.5) is 0 Å². The van der Waals surface area contributed by atoms with Crippen LogP contribution < -0.4 is 5.32 Å². The molecule has 0 aliphatic carbocycles. The Kier molecular flexibility index (Phi) is 7.18. The van der Waals surface area contributed by atoms with E-state index in [1.54, 1.807) is 6.07 Å². The number of aromatic hydroxyl groups is 1. The average molecular weight is 431 g/mol. The Labute approximate surface area is 191 Å². The summed E-state index contributed by atoms with van der Waals surface area (Å²) in [5.41, 5.74) is 5.89. The summed E-state index contributed by atoms with van der Waals surface area (Å²) in [6, 6.07) is 17.3. The zero-order valence-corrected chi connectivity index (χ0v) is 19.4. The lowest BCUT2D eigenvalue weighted by molar-refractivity contribution is 0.139. The van der Waals surface area contributed by atoms with Crippen LogP contribution in [0.3, 0.4) is 0 Å². The summed E-state index contributed by atoms with van der Waals surface area (Å²) >= 11 is 0. The van der Waals surface area contributed by atoms with Gasteiger partial charge in [0.05, 0.1) is 5.69 Å². The van der Waals surface area contributed by atoms with Crippen LogP contribution in [0.2, 0.25) is 0 Å². The van der Waals surface area contributed by atoms with Gasteiger partial charge in [0.25, 0.3) is 0 Å². The number of piperazine rings is 1. The summed E-state index contributed by atoms with van der Waals surface area (Å²) in [6.07, 6.45) is 4.54. The van der Waals surface area contributed by atoms with Gasteiger partial charge in [0, 0.05) is 49.9 Å². The lowest BCUT2D eigenvalue weighted by atomic mass is 10.0. The van der Waals surface area contributed by atoms with Gasteiger partial charge in [-0.15, -0.1) is 0 Å². The van der Waals surface area contributed by atoms with E-state index < -0.39 is 0 Å². The maximum absolute atomic E-state index is 9.64. The largest absolute Gasteiger partial charge is 0.508 e. The van der Waals surface area contributed by atoms with Crippen molar-refractivity contribution in [3.8, 4) is 17.0 Å². The van der Waals surface area contributed by atoms with Crippen molar-refractivity contribution in [2.24, 2.45) is 0 Å². The average Bonchev–Trinajstić information content (AvgIpc) is 2.78. The first-order valence-corrected chi connectivity index (χ1v) is 11.6. The van der Waals surface area contributed by atoms with E-state index in [0.717, 1.165) is 56.0 Å². The molecule has 0 spiro atoms. The van der Waals surface area contributed by atoms with Crippen LogP contribution in [0.1, 0.15) is 42.8 Å². The predicted molar refractivity (Wildman–Crippen MR) is 130 cm³/mol. The second-order valence-electron chi connectivity index (χ2n) is 9.12. The van der Waals surface area contributed by atoms with Crippen molar-refractivity contribution in [1.29, 1.82) is 0 Å². The van der Waals surface area contributed by atoms with Crippen molar-refractivity contribution >= 4 is 0 Å². The van der Waals surface area contributed by atoms with E-state index >= 15 is 0 Å². The summed E-state index contributed by atoms with van der Waals surface area (Å²) in [6.45, 7) is 9.77. The third-order valence-corrected chi connectivity index (χ3v) is 6.34. The maximum atomic E-state index is 9.64. The minimum Gasteiger partial charge on any atom is -0.508 e. The fourth-order valence-corrected chi connectivity index (χ4v) is 4.43. The predicted octanol–water partition coefficient (Wildman–Crippen LogP) is 4.52. The van der Waals surface area contributed by atoms with Gasteiger partial charge in [-0.25, -0.2) is 9.97 Å². The maximum Gasteiger partial charge on any atom is 0.128 e. The third kappa shape index (κ3) is 5.72. The van der Waals surface area contributed by atoms with E-state index in [9.17, 15) is 5.11 Å². The SMILES string of the molecule is Cc1ccc(CN2C[C@H](C)NC[C@@H]2C)cc1-c1ccnc(CCCc2cccc(O)c2)n1. The molecule has 4 rings (SSSR count). The molecule has 0 radical (unpaired) electrons. The molecule has 0 bridgehead atoms. The lowest BCUT2D eigenvalue weighted by Crippen LogP contribution is -2.53. The molecule has 2 atom stereocenters. The van der Waals surface area contributed by atoms with Gasteiger partial charge in [-0.1, -0.05) is 24.3 Å². The molecule has 168 valence electrons. The van der Waals surface area contributed by atoms with E-state index in [0.29, 0.717) is 17.8 Å². The number of aromatic nitrogens is 2. The number of rotatable bonds is 7. The third-order valence-electron chi connectivity index (χ3n) is 6.34. The van der Waals surface area contributed by atoms with Crippen LogP contribution in [-0.2, 0) is 19.4 Å².